The number of aliphatic hydroxyl groups is 7. The molecule has 0 aromatic rings. The second-order valence-electron chi connectivity index (χ2n) is 19.6. The summed E-state index contributed by atoms with van der Waals surface area (Å²) in [5, 5.41) is 81.7. The van der Waals surface area contributed by atoms with Crippen LogP contribution in [0.3, 0.4) is 0 Å². The third kappa shape index (κ3) is 5.95. The molecule has 10 aliphatic rings. The molecule has 0 amide bonds. The van der Waals surface area contributed by atoms with Crippen molar-refractivity contribution in [1.82, 2.24) is 0 Å². The quantitative estimate of drug-likeness (QED) is 0.0690. The zero-order valence-corrected chi connectivity index (χ0v) is 33.7. The van der Waals surface area contributed by atoms with E-state index >= 15 is 0 Å². The zero-order valence-electron chi connectivity index (χ0n) is 33.7. The number of carbonyl (C=O) groups excluding carboxylic acids is 1. The topological polar surface area (TPSA) is 275 Å². The average Bonchev–Trinajstić information content (AvgIpc) is 3.92. The Balaban J connectivity index is 0.000000147. The van der Waals surface area contributed by atoms with Crippen LogP contribution in [-0.4, -0.2) is 126 Å². The fraction of sp³-hybridized carbons (Fsp3) is 0.829. The smallest absolute Gasteiger partial charge is 0.395 e. The van der Waals surface area contributed by atoms with Crippen LogP contribution in [0.1, 0.15) is 97.3 Å². The maximum absolute atomic E-state index is 10.9. The van der Waals surface area contributed by atoms with Crippen molar-refractivity contribution in [2.24, 2.45) is 38.3 Å². The van der Waals surface area contributed by atoms with Crippen molar-refractivity contribution < 1.29 is 63.2 Å². The number of hydrogen-bond donors (Lipinski definition) is 7. The Labute approximate surface area is 344 Å². The molecule has 4 aliphatic heterocycles. The molecule has 16 nitrogen and oxygen atoms in total. The number of halogens is 3. The minimum Gasteiger partial charge on any atom is -0.395 e. The first-order valence-electron chi connectivity index (χ1n) is 21.1. The van der Waals surface area contributed by atoms with E-state index in [1.54, 1.807) is 0 Å². The highest BCUT2D eigenvalue weighted by Gasteiger charge is 2.74. The number of alkyl halides is 3. The van der Waals surface area contributed by atoms with Crippen LogP contribution in [0.15, 0.2) is 45.2 Å². The Bertz CT molecular complexity index is 1980. The lowest BCUT2D eigenvalue weighted by atomic mass is 9.50. The van der Waals surface area contributed by atoms with E-state index in [1.165, 1.54) is 0 Å². The van der Waals surface area contributed by atoms with E-state index in [0.29, 0.717) is 31.3 Å². The molecule has 60 heavy (non-hydrogen) atoms. The first-order valence-corrected chi connectivity index (χ1v) is 21.1. The van der Waals surface area contributed by atoms with Crippen molar-refractivity contribution in [2.45, 2.75) is 175 Å². The summed E-state index contributed by atoms with van der Waals surface area (Å²) in [5.41, 5.74) is 16.6. The molecular weight excluding hydrogens is 793 g/mol. The van der Waals surface area contributed by atoms with E-state index in [-0.39, 0.29) is 41.5 Å². The normalized spacial score (nSPS) is 51.2. The molecule has 7 fully saturated rings. The lowest BCUT2D eigenvalue weighted by molar-refractivity contribution is -0.250. The number of hydrogen-bond acceptors (Lipinski definition) is 12. The highest BCUT2D eigenvalue weighted by Crippen LogP contribution is 2.72. The van der Waals surface area contributed by atoms with Crippen molar-refractivity contribution in [3.63, 3.8) is 0 Å². The van der Waals surface area contributed by atoms with Crippen LogP contribution in [0, 0.1) is 28.1 Å². The molecule has 17 atom stereocenters. The molecule has 5 saturated carbocycles. The second kappa shape index (κ2) is 14.5. The third-order valence-electron chi connectivity index (χ3n) is 17.2. The van der Waals surface area contributed by atoms with Crippen molar-refractivity contribution in [1.29, 1.82) is 0 Å². The maximum Gasteiger partial charge on any atom is 0.446 e. The molecule has 19 heteroatoms. The molecule has 0 radical (unpaired) electrons. The van der Waals surface area contributed by atoms with E-state index in [2.05, 4.69) is 40.0 Å². The summed E-state index contributed by atoms with van der Waals surface area (Å²) in [6, 6.07) is -1.45. The molecule has 2 saturated heterocycles. The van der Waals surface area contributed by atoms with Gasteiger partial charge in [0.1, 0.15) is 12.2 Å². The van der Waals surface area contributed by atoms with Crippen LogP contribution in [0.5, 0.6) is 0 Å². The van der Waals surface area contributed by atoms with Gasteiger partial charge in [0, 0.05) is 26.6 Å². The molecular formula is C41H55F3N6O10. The Morgan fingerprint density at radius 3 is 1.92 bits per heavy atom. The minimum absolute atomic E-state index is 0.0855. The second-order valence-corrected chi connectivity index (χ2v) is 19.6. The summed E-state index contributed by atoms with van der Waals surface area (Å²) in [5.74, 6) is 0.360. The molecule has 330 valence electrons. The van der Waals surface area contributed by atoms with Gasteiger partial charge in [-0.2, -0.15) is 13.2 Å². The minimum atomic E-state index is -4.64. The van der Waals surface area contributed by atoms with Gasteiger partial charge in [0.2, 0.25) is 6.29 Å². The Hall–Kier alpha value is -3.06. The number of nitrogens with zero attached hydrogens (tertiary/aromatic N) is 6. The van der Waals surface area contributed by atoms with E-state index < -0.39 is 76.8 Å². The maximum atomic E-state index is 10.9. The first-order chi connectivity index (χ1) is 28.2. The SMILES string of the molecule is C[C@]12CC=C3C=C4[C@@H](O)[C@H](O)[C@@H](N=[N+]=[N-])C[C@]45CC[C@]3(O5)[C@@H]1CC[C@@H]2O.C[C@]12CC[C@@]3(CO)C=C4[C@@H](O)[C@H](O)[C@@H](N=[N+]=[N-])C[C@]45CC[C@]3(O5)[C@@H]1CC[C@@H]2O.O=CC(F)(F)F. The highest BCUT2D eigenvalue weighted by molar-refractivity contribution is 5.56. The Morgan fingerprint density at radius 1 is 0.783 bits per heavy atom. The molecule has 6 aliphatic carbocycles. The van der Waals surface area contributed by atoms with E-state index in [9.17, 15) is 48.9 Å². The van der Waals surface area contributed by atoms with Crippen molar-refractivity contribution in [3.8, 4) is 0 Å². The molecule has 10 rings (SSSR count). The fourth-order valence-corrected chi connectivity index (χ4v) is 14.1. The van der Waals surface area contributed by atoms with Gasteiger partial charge < -0.3 is 45.2 Å². The predicted octanol–water partition coefficient (Wildman–Crippen LogP) is 4.44. The number of fused-ring (bicyclic) bond motifs is 2. The van der Waals surface area contributed by atoms with Crippen molar-refractivity contribution in [2.75, 3.05) is 6.61 Å². The number of aldehydes is 1. The summed E-state index contributed by atoms with van der Waals surface area (Å²) >= 11 is 0. The van der Waals surface area contributed by atoms with Gasteiger partial charge in [-0.3, -0.25) is 4.79 Å². The summed E-state index contributed by atoms with van der Waals surface area (Å²) in [6.07, 6.45) is 4.49. The van der Waals surface area contributed by atoms with Crippen molar-refractivity contribution >= 4 is 6.29 Å². The van der Waals surface area contributed by atoms with Crippen LogP contribution < -0.4 is 0 Å². The standard InChI is InChI=1S/C20H29N3O5.C19H25N3O4.C2HF3O/c1-17-4-5-18(10-24)8-11-15(26)16(27)12(22-23-21)9-19(11)6-7-20(18,28-19)13(17)2-3-14(17)25;1-17-5-4-10-8-11-15(24)16(25)12(21-22-20)9-18(11)6-7-19(10,26-18)13(17)2-3-14(17)23;3-2(4,5)1-6/h8,12-16,24-27H,2-7,9-10H2,1H3;4,8,12-16,23-25H,2-3,5-7,9H2,1H3;1H/t12-,13+,14-,15+,16+,17-,18-,19+,20-;12-,13+,14-,15+,16+,17-,18+,19+;/m00./s1. The summed E-state index contributed by atoms with van der Waals surface area (Å²) < 4.78 is 45.0. The van der Waals surface area contributed by atoms with Crippen LogP contribution in [0.25, 0.3) is 20.9 Å². The van der Waals surface area contributed by atoms with Crippen molar-refractivity contribution in [3.05, 3.63) is 55.8 Å². The van der Waals surface area contributed by atoms with E-state index in [4.69, 9.17) is 25.3 Å². The van der Waals surface area contributed by atoms with Gasteiger partial charge in [-0.1, -0.05) is 42.3 Å². The Morgan fingerprint density at radius 2 is 1.33 bits per heavy atom. The van der Waals surface area contributed by atoms with E-state index in [0.717, 1.165) is 68.9 Å². The summed E-state index contributed by atoms with van der Waals surface area (Å²) in [4.78, 5) is 14.4. The monoisotopic (exact) mass is 848 g/mol. The number of carbonyl (C=O) groups is 1. The molecule has 7 N–H and O–H groups in total. The summed E-state index contributed by atoms with van der Waals surface area (Å²) in [6.45, 7) is 4.21. The molecule has 0 aromatic carbocycles. The number of ether oxygens (including phenoxy) is 2. The average molecular weight is 849 g/mol. The van der Waals surface area contributed by atoms with Gasteiger partial charge in [0.05, 0.1) is 65.5 Å². The molecule has 4 spiro atoms. The highest BCUT2D eigenvalue weighted by atomic mass is 19.4. The number of azide groups is 2. The van der Waals surface area contributed by atoms with E-state index in [1.807, 2.05) is 12.2 Å². The fourth-order valence-electron chi connectivity index (χ4n) is 14.1. The lowest BCUT2D eigenvalue weighted by Gasteiger charge is -2.63. The van der Waals surface area contributed by atoms with Gasteiger partial charge in [0.25, 0.3) is 0 Å². The van der Waals surface area contributed by atoms with Gasteiger partial charge >= 0.3 is 6.18 Å². The van der Waals surface area contributed by atoms with Crippen LogP contribution in [0.2, 0.25) is 0 Å². The zero-order chi connectivity index (χ0) is 43.5. The lowest BCUT2D eigenvalue weighted by Crippen LogP contribution is -2.67. The predicted molar refractivity (Wildman–Crippen MR) is 204 cm³/mol. The third-order valence-corrected chi connectivity index (χ3v) is 17.2. The molecule has 0 aromatic heterocycles. The number of allylic oxidation sites excluding steroid dienone is 1. The van der Waals surface area contributed by atoms with Crippen LogP contribution in [-0.2, 0) is 14.3 Å². The number of rotatable bonds is 3. The van der Waals surface area contributed by atoms with Crippen LogP contribution >= 0.6 is 0 Å². The van der Waals surface area contributed by atoms with Gasteiger partial charge in [-0.15, -0.1) is 0 Å². The van der Waals surface area contributed by atoms with Gasteiger partial charge in [-0.05, 0) is 123 Å². The summed E-state index contributed by atoms with van der Waals surface area (Å²) in [7, 11) is 0. The van der Waals surface area contributed by atoms with Gasteiger partial charge in [-0.25, -0.2) is 0 Å². The number of aliphatic hydroxyl groups excluding tert-OH is 7. The largest absolute Gasteiger partial charge is 0.446 e. The molecule has 4 bridgehead atoms. The molecule has 4 heterocycles. The van der Waals surface area contributed by atoms with Crippen LogP contribution in [0.4, 0.5) is 13.2 Å². The molecule has 0 unspecified atom stereocenters. The van der Waals surface area contributed by atoms with Gasteiger partial charge in [0.15, 0.2) is 0 Å². The first kappa shape index (κ1) is 43.6. The Kier molecular flexibility index (Phi) is 10.5.